The van der Waals surface area contributed by atoms with Crippen molar-refractivity contribution >= 4 is 16.9 Å². The molecule has 1 fully saturated rings. The number of aryl methyl sites for hydroxylation is 1. The topological polar surface area (TPSA) is 58.6 Å². The molecule has 0 bridgehead atoms. The number of fused-ring (bicyclic) bond motifs is 1. The summed E-state index contributed by atoms with van der Waals surface area (Å²) in [5.74, 6) is 0.203. The third-order valence-corrected chi connectivity index (χ3v) is 5.44. The number of aromatic nitrogens is 3. The van der Waals surface area contributed by atoms with E-state index in [1.165, 1.54) is 12.0 Å². The lowest BCUT2D eigenvalue weighted by atomic mass is 9.71. The van der Waals surface area contributed by atoms with Crippen molar-refractivity contribution in [1.82, 2.24) is 15.0 Å². The molecule has 1 aliphatic rings. The number of H-pyrrole nitrogens is 1. The summed E-state index contributed by atoms with van der Waals surface area (Å²) >= 11 is 0. The molecule has 128 valence electrons. The first kappa shape index (κ1) is 16.0. The minimum Gasteiger partial charge on any atom is -0.344 e. The van der Waals surface area contributed by atoms with Crippen LogP contribution in [0.1, 0.15) is 54.9 Å². The van der Waals surface area contributed by atoms with E-state index in [2.05, 4.69) is 35.9 Å². The van der Waals surface area contributed by atoms with Crippen LogP contribution in [0.25, 0.3) is 22.4 Å². The third kappa shape index (κ3) is 2.86. The Morgan fingerprint density at radius 1 is 1.20 bits per heavy atom. The van der Waals surface area contributed by atoms with Crippen molar-refractivity contribution in [1.29, 1.82) is 0 Å². The molecular weight excluding hydrogens is 310 g/mol. The van der Waals surface area contributed by atoms with Crippen molar-refractivity contribution in [2.75, 3.05) is 0 Å². The van der Waals surface area contributed by atoms with E-state index in [4.69, 9.17) is 4.98 Å². The Bertz CT molecular complexity index is 935. The van der Waals surface area contributed by atoms with Gasteiger partial charge < -0.3 is 4.98 Å². The molecule has 0 unspecified atom stereocenters. The van der Waals surface area contributed by atoms with Gasteiger partial charge in [-0.2, -0.15) is 0 Å². The van der Waals surface area contributed by atoms with Crippen LogP contribution in [0.15, 0.2) is 36.7 Å². The van der Waals surface area contributed by atoms with Gasteiger partial charge in [-0.3, -0.25) is 4.79 Å². The van der Waals surface area contributed by atoms with E-state index in [-0.39, 0.29) is 11.2 Å². The number of nitrogens with zero attached hydrogens (tertiary/aromatic N) is 2. The van der Waals surface area contributed by atoms with E-state index in [1.54, 1.807) is 12.4 Å². The van der Waals surface area contributed by atoms with Gasteiger partial charge in [-0.1, -0.05) is 49.9 Å². The number of carbonyl (C=O) groups is 1. The van der Waals surface area contributed by atoms with Gasteiger partial charge in [0, 0.05) is 17.2 Å². The summed E-state index contributed by atoms with van der Waals surface area (Å²) in [4.78, 5) is 25.6. The van der Waals surface area contributed by atoms with Gasteiger partial charge in [-0.15, -0.1) is 0 Å². The van der Waals surface area contributed by atoms with Crippen LogP contribution in [-0.2, 0) is 0 Å². The predicted molar refractivity (Wildman–Crippen MR) is 99.6 cm³/mol. The molecule has 0 atom stereocenters. The molecule has 0 spiro atoms. The molecule has 1 aromatic carbocycles. The average Bonchev–Trinajstić information content (AvgIpc) is 3.04. The Hall–Kier alpha value is -2.49. The van der Waals surface area contributed by atoms with Gasteiger partial charge in [-0.25, -0.2) is 9.97 Å². The largest absolute Gasteiger partial charge is 0.344 e. The molecule has 4 rings (SSSR count). The Kier molecular flexibility index (Phi) is 3.91. The first-order valence-corrected chi connectivity index (χ1v) is 9.03. The third-order valence-electron chi connectivity index (χ3n) is 5.44. The molecule has 2 aromatic heterocycles. The molecule has 1 aliphatic carbocycles. The summed E-state index contributed by atoms with van der Waals surface area (Å²) in [6, 6.07) is 8.19. The molecule has 3 aromatic rings. The standard InChI is InChI=1S/C21H23N3O/c1-14-7-6-8-15(11-14)17-13-23-20-18(24-17)16(12-22-20)19(25)21(2)9-4-3-5-10-21/h6-8,11-13H,3-5,9-10H2,1-2H3,(H,22,23). The van der Waals surface area contributed by atoms with E-state index in [1.807, 2.05) is 12.1 Å². The Balaban J connectivity index is 1.78. The number of carbonyl (C=O) groups excluding carboxylic acids is 1. The first-order valence-electron chi connectivity index (χ1n) is 9.03. The molecule has 25 heavy (non-hydrogen) atoms. The minimum atomic E-state index is -0.269. The number of hydrogen-bond donors (Lipinski definition) is 1. The van der Waals surface area contributed by atoms with Crippen molar-refractivity contribution in [3.8, 4) is 11.3 Å². The van der Waals surface area contributed by atoms with Gasteiger partial charge in [0.15, 0.2) is 11.4 Å². The van der Waals surface area contributed by atoms with Crippen LogP contribution in [0, 0.1) is 12.3 Å². The predicted octanol–water partition coefficient (Wildman–Crippen LogP) is 5.09. The fourth-order valence-electron chi connectivity index (χ4n) is 3.89. The monoisotopic (exact) mass is 333 g/mol. The molecule has 0 aliphatic heterocycles. The van der Waals surface area contributed by atoms with Crippen molar-refractivity contribution in [2.24, 2.45) is 5.41 Å². The van der Waals surface area contributed by atoms with E-state index < -0.39 is 0 Å². The number of rotatable bonds is 3. The summed E-state index contributed by atoms with van der Waals surface area (Å²) in [6.45, 7) is 4.16. The highest BCUT2D eigenvalue weighted by Gasteiger charge is 2.36. The highest BCUT2D eigenvalue weighted by molar-refractivity contribution is 6.08. The number of Topliss-reactive ketones (excluding diaryl/α,β-unsaturated/α-hetero) is 1. The van der Waals surface area contributed by atoms with Crippen LogP contribution < -0.4 is 0 Å². The fourth-order valence-corrected chi connectivity index (χ4v) is 3.89. The molecule has 4 nitrogen and oxygen atoms in total. The molecule has 1 saturated carbocycles. The minimum absolute atomic E-state index is 0.203. The second kappa shape index (κ2) is 6.10. The SMILES string of the molecule is Cc1cccc(-c2cnc3[nH]cc(C(=O)C4(C)CCCCC4)c3n2)c1. The normalized spacial score (nSPS) is 16.9. The summed E-state index contributed by atoms with van der Waals surface area (Å²) in [5.41, 5.74) is 4.79. The lowest BCUT2D eigenvalue weighted by Crippen LogP contribution is -2.30. The Labute approximate surface area is 147 Å². The van der Waals surface area contributed by atoms with Gasteiger partial charge in [-0.05, 0) is 25.8 Å². The molecule has 4 heteroatoms. The summed E-state index contributed by atoms with van der Waals surface area (Å²) < 4.78 is 0. The molecule has 2 heterocycles. The zero-order valence-corrected chi connectivity index (χ0v) is 14.8. The first-order chi connectivity index (χ1) is 12.1. The van der Waals surface area contributed by atoms with E-state index in [0.29, 0.717) is 16.7 Å². The zero-order valence-electron chi connectivity index (χ0n) is 14.8. The van der Waals surface area contributed by atoms with Crippen molar-refractivity contribution in [3.63, 3.8) is 0 Å². The van der Waals surface area contributed by atoms with E-state index >= 15 is 0 Å². The average molecular weight is 333 g/mol. The van der Waals surface area contributed by atoms with Crippen LogP contribution in [0.4, 0.5) is 0 Å². The quantitative estimate of drug-likeness (QED) is 0.679. The summed E-state index contributed by atoms with van der Waals surface area (Å²) in [7, 11) is 0. The van der Waals surface area contributed by atoms with Crippen LogP contribution in [0.5, 0.6) is 0 Å². The second-order valence-electron chi connectivity index (χ2n) is 7.47. The lowest BCUT2D eigenvalue weighted by molar-refractivity contribution is 0.0751. The fraction of sp³-hybridized carbons (Fsp3) is 0.381. The van der Waals surface area contributed by atoms with Crippen molar-refractivity contribution < 1.29 is 4.79 Å². The maximum atomic E-state index is 13.2. The number of ketones is 1. The highest BCUT2D eigenvalue weighted by atomic mass is 16.1. The molecule has 0 saturated heterocycles. The number of benzene rings is 1. The molecule has 0 amide bonds. The van der Waals surface area contributed by atoms with Gasteiger partial charge in [0.05, 0.1) is 17.5 Å². The highest BCUT2D eigenvalue weighted by Crippen LogP contribution is 2.39. The van der Waals surface area contributed by atoms with Gasteiger partial charge in [0.25, 0.3) is 0 Å². The number of hydrogen-bond acceptors (Lipinski definition) is 3. The molecule has 0 radical (unpaired) electrons. The number of nitrogens with one attached hydrogen (secondary N) is 1. The smallest absolute Gasteiger partial charge is 0.172 e. The molecular formula is C21H23N3O. The van der Waals surface area contributed by atoms with Crippen molar-refractivity contribution in [2.45, 2.75) is 46.0 Å². The zero-order chi connectivity index (χ0) is 17.4. The van der Waals surface area contributed by atoms with Gasteiger partial charge in [0.1, 0.15) is 5.52 Å². The molecule has 1 N–H and O–H groups in total. The van der Waals surface area contributed by atoms with Crippen LogP contribution >= 0.6 is 0 Å². The van der Waals surface area contributed by atoms with Crippen molar-refractivity contribution in [3.05, 3.63) is 47.8 Å². The van der Waals surface area contributed by atoms with Gasteiger partial charge >= 0.3 is 0 Å². The Morgan fingerprint density at radius 3 is 2.76 bits per heavy atom. The van der Waals surface area contributed by atoms with E-state index in [9.17, 15) is 4.79 Å². The summed E-state index contributed by atoms with van der Waals surface area (Å²) in [5, 5.41) is 0. The second-order valence-corrected chi connectivity index (χ2v) is 7.47. The van der Waals surface area contributed by atoms with Crippen LogP contribution in [0.3, 0.4) is 0 Å². The maximum absolute atomic E-state index is 13.2. The maximum Gasteiger partial charge on any atom is 0.172 e. The van der Waals surface area contributed by atoms with Gasteiger partial charge in [0.2, 0.25) is 0 Å². The number of aromatic amines is 1. The Morgan fingerprint density at radius 2 is 2.00 bits per heavy atom. The van der Waals surface area contributed by atoms with Crippen LogP contribution in [-0.4, -0.2) is 20.7 Å². The summed E-state index contributed by atoms with van der Waals surface area (Å²) in [6.07, 6.45) is 8.97. The van der Waals surface area contributed by atoms with E-state index in [0.717, 1.165) is 36.9 Å². The lowest BCUT2D eigenvalue weighted by Gasteiger charge is -2.31. The van der Waals surface area contributed by atoms with Crippen LogP contribution in [0.2, 0.25) is 0 Å².